The summed E-state index contributed by atoms with van der Waals surface area (Å²) in [5.41, 5.74) is 7.86. The van der Waals surface area contributed by atoms with Gasteiger partial charge in [0, 0.05) is 33.1 Å². The minimum absolute atomic E-state index is 0.253. The lowest BCUT2D eigenvalue weighted by Crippen LogP contribution is -2.34. The number of likely N-dealkylation sites (tertiary alicyclic amines) is 1. The van der Waals surface area contributed by atoms with Gasteiger partial charge in [-0.05, 0) is 24.3 Å². The molecule has 1 saturated heterocycles. The van der Waals surface area contributed by atoms with Crippen LogP contribution in [0, 0.1) is 6.92 Å². The zero-order valence-corrected chi connectivity index (χ0v) is 13.1. The second kappa shape index (κ2) is 5.48. The third-order valence-electron chi connectivity index (χ3n) is 3.83. The van der Waals surface area contributed by atoms with Gasteiger partial charge in [-0.15, -0.1) is 11.3 Å². The van der Waals surface area contributed by atoms with Crippen LogP contribution in [0.4, 0.5) is 11.8 Å². The highest BCUT2D eigenvalue weighted by molar-refractivity contribution is 7.18. The number of nitrogens with zero attached hydrogens (tertiary/aromatic N) is 4. The molecule has 1 aliphatic heterocycles. The molecule has 112 valence electrons. The van der Waals surface area contributed by atoms with E-state index in [2.05, 4.69) is 20.2 Å². The normalized spacial score (nSPS) is 15.1. The first-order chi connectivity index (χ1) is 10.1. The molecule has 0 aliphatic carbocycles. The molecule has 1 aliphatic rings. The zero-order chi connectivity index (χ0) is 15.0. The second-order valence-electron chi connectivity index (χ2n) is 5.41. The van der Waals surface area contributed by atoms with Crippen molar-refractivity contribution >= 4 is 39.2 Å². The largest absolute Gasteiger partial charge is 0.368 e. The van der Waals surface area contributed by atoms with Crippen molar-refractivity contribution in [1.29, 1.82) is 0 Å². The Morgan fingerprint density at radius 3 is 3.00 bits per heavy atom. The molecule has 21 heavy (non-hydrogen) atoms. The maximum absolute atomic E-state index is 11.7. The summed E-state index contributed by atoms with van der Waals surface area (Å²) in [6.07, 6.45) is 1.65. The van der Waals surface area contributed by atoms with Crippen molar-refractivity contribution in [2.24, 2.45) is 0 Å². The van der Waals surface area contributed by atoms with Crippen LogP contribution in [-0.2, 0) is 4.79 Å². The molecule has 0 bridgehead atoms. The second-order valence-corrected chi connectivity index (χ2v) is 6.29. The topological polar surface area (TPSA) is 75.3 Å². The van der Waals surface area contributed by atoms with E-state index in [1.165, 1.54) is 0 Å². The van der Waals surface area contributed by atoms with Gasteiger partial charge >= 0.3 is 0 Å². The van der Waals surface area contributed by atoms with E-state index in [0.29, 0.717) is 12.4 Å². The number of hydrogen-bond acceptors (Lipinski definition) is 6. The molecule has 3 rings (SSSR count). The van der Waals surface area contributed by atoms with Gasteiger partial charge < -0.3 is 15.5 Å². The minimum atomic E-state index is 0.253. The zero-order valence-electron chi connectivity index (χ0n) is 12.3. The Morgan fingerprint density at radius 1 is 1.48 bits per heavy atom. The van der Waals surface area contributed by atoms with Crippen LogP contribution in [-0.4, -0.2) is 47.5 Å². The molecule has 7 heteroatoms. The number of nitrogen functional groups attached to an aromatic ring is 1. The highest BCUT2D eigenvalue weighted by Gasteiger charge is 2.21. The summed E-state index contributed by atoms with van der Waals surface area (Å²) in [4.78, 5) is 24.3. The standard InChI is InChI=1S/C14H19N5OS/c1-9-8-21-12-11(9)16-14(15)17-13(12)18(2)6-7-19-5-3-4-10(19)20/h8H,3-7H2,1-2H3,(H2,15,16,17). The number of fused-ring (bicyclic) bond motifs is 1. The Kier molecular flexibility index (Phi) is 3.67. The van der Waals surface area contributed by atoms with E-state index in [4.69, 9.17) is 5.73 Å². The molecule has 0 spiro atoms. The number of aromatic nitrogens is 2. The average Bonchev–Trinajstić information content (AvgIpc) is 3.02. The predicted octanol–water partition coefficient (Wildman–Crippen LogP) is 1.64. The van der Waals surface area contributed by atoms with Crippen molar-refractivity contribution in [2.75, 3.05) is 37.3 Å². The molecule has 0 radical (unpaired) electrons. The Balaban J connectivity index is 1.80. The molecule has 1 amide bonds. The highest BCUT2D eigenvalue weighted by Crippen LogP contribution is 2.31. The van der Waals surface area contributed by atoms with Crippen LogP contribution in [0.15, 0.2) is 5.38 Å². The van der Waals surface area contributed by atoms with E-state index in [9.17, 15) is 4.79 Å². The van der Waals surface area contributed by atoms with Gasteiger partial charge in [0.05, 0.1) is 10.2 Å². The average molecular weight is 305 g/mol. The van der Waals surface area contributed by atoms with Gasteiger partial charge in [-0.25, -0.2) is 4.98 Å². The summed E-state index contributed by atoms with van der Waals surface area (Å²) >= 11 is 1.63. The van der Waals surface area contributed by atoms with Crippen LogP contribution in [0.5, 0.6) is 0 Å². The lowest BCUT2D eigenvalue weighted by molar-refractivity contribution is -0.127. The molecule has 1 fully saturated rings. The van der Waals surface area contributed by atoms with Gasteiger partial charge in [0.1, 0.15) is 0 Å². The third-order valence-corrected chi connectivity index (χ3v) is 4.91. The first-order valence-corrected chi connectivity index (χ1v) is 7.94. The van der Waals surface area contributed by atoms with Crippen molar-refractivity contribution in [2.45, 2.75) is 19.8 Å². The Hall–Kier alpha value is -1.89. The molecule has 6 nitrogen and oxygen atoms in total. The number of carbonyl (C=O) groups is 1. The fraction of sp³-hybridized carbons (Fsp3) is 0.500. The van der Waals surface area contributed by atoms with Gasteiger partial charge in [-0.2, -0.15) is 4.98 Å². The van der Waals surface area contributed by atoms with Crippen LogP contribution in [0.25, 0.3) is 10.2 Å². The third kappa shape index (κ3) is 2.65. The predicted molar refractivity (Wildman–Crippen MR) is 85.6 cm³/mol. The van der Waals surface area contributed by atoms with E-state index in [-0.39, 0.29) is 5.91 Å². The van der Waals surface area contributed by atoms with Crippen LogP contribution < -0.4 is 10.6 Å². The first-order valence-electron chi connectivity index (χ1n) is 7.06. The number of hydrogen-bond donors (Lipinski definition) is 1. The summed E-state index contributed by atoms with van der Waals surface area (Å²) < 4.78 is 1.05. The number of thiophene rings is 1. The Labute approximate surface area is 127 Å². The summed E-state index contributed by atoms with van der Waals surface area (Å²) in [5, 5.41) is 2.07. The highest BCUT2D eigenvalue weighted by atomic mass is 32.1. The van der Waals surface area contributed by atoms with Crippen molar-refractivity contribution in [3.05, 3.63) is 10.9 Å². The van der Waals surface area contributed by atoms with Crippen LogP contribution in [0.3, 0.4) is 0 Å². The molecular weight excluding hydrogens is 286 g/mol. The van der Waals surface area contributed by atoms with Crippen LogP contribution >= 0.6 is 11.3 Å². The summed E-state index contributed by atoms with van der Waals surface area (Å²) in [6, 6.07) is 0. The SMILES string of the molecule is Cc1csc2c(N(C)CCN3CCCC3=O)nc(N)nc12. The van der Waals surface area contributed by atoms with Gasteiger partial charge in [-0.1, -0.05) is 0 Å². The van der Waals surface area contributed by atoms with Gasteiger partial charge in [0.15, 0.2) is 5.82 Å². The fourth-order valence-corrected chi connectivity index (χ4v) is 3.64. The number of amides is 1. The number of aryl methyl sites for hydroxylation is 1. The molecule has 3 heterocycles. The number of likely N-dealkylation sites (N-methyl/N-ethyl adjacent to an activating group) is 1. The summed E-state index contributed by atoms with van der Waals surface area (Å²) in [6.45, 7) is 4.36. The molecule has 2 aromatic heterocycles. The van der Waals surface area contributed by atoms with Crippen molar-refractivity contribution < 1.29 is 4.79 Å². The van der Waals surface area contributed by atoms with E-state index < -0.39 is 0 Å². The van der Waals surface area contributed by atoms with Crippen molar-refractivity contribution in [1.82, 2.24) is 14.9 Å². The quantitative estimate of drug-likeness (QED) is 0.929. The van der Waals surface area contributed by atoms with E-state index in [1.807, 2.05) is 18.9 Å². The lowest BCUT2D eigenvalue weighted by atomic mass is 10.3. The molecule has 0 saturated carbocycles. The lowest BCUT2D eigenvalue weighted by Gasteiger charge is -2.23. The maximum Gasteiger partial charge on any atom is 0.222 e. The first kappa shape index (κ1) is 14.1. The molecule has 2 N–H and O–H groups in total. The summed E-state index contributed by atoms with van der Waals surface area (Å²) in [7, 11) is 1.98. The van der Waals surface area contributed by atoms with Crippen molar-refractivity contribution in [3.63, 3.8) is 0 Å². The minimum Gasteiger partial charge on any atom is -0.368 e. The van der Waals surface area contributed by atoms with Gasteiger partial charge in [-0.3, -0.25) is 4.79 Å². The molecule has 0 atom stereocenters. The molecular formula is C14H19N5OS. The number of carbonyl (C=O) groups excluding carboxylic acids is 1. The fourth-order valence-electron chi connectivity index (χ4n) is 2.61. The maximum atomic E-state index is 11.7. The molecule has 0 unspecified atom stereocenters. The number of nitrogens with two attached hydrogens (primary N) is 1. The Bertz CT molecular complexity index is 683. The number of rotatable bonds is 4. The van der Waals surface area contributed by atoms with E-state index in [1.54, 1.807) is 11.3 Å². The van der Waals surface area contributed by atoms with Gasteiger partial charge in [0.2, 0.25) is 11.9 Å². The van der Waals surface area contributed by atoms with E-state index in [0.717, 1.165) is 47.7 Å². The van der Waals surface area contributed by atoms with Crippen molar-refractivity contribution in [3.8, 4) is 0 Å². The van der Waals surface area contributed by atoms with Crippen LogP contribution in [0.1, 0.15) is 18.4 Å². The molecule has 2 aromatic rings. The Morgan fingerprint density at radius 2 is 2.29 bits per heavy atom. The number of anilines is 2. The van der Waals surface area contributed by atoms with E-state index >= 15 is 0 Å². The molecule has 0 aromatic carbocycles. The smallest absolute Gasteiger partial charge is 0.222 e. The van der Waals surface area contributed by atoms with Gasteiger partial charge in [0.25, 0.3) is 0 Å². The summed E-state index contributed by atoms with van der Waals surface area (Å²) in [5.74, 6) is 1.40. The monoisotopic (exact) mass is 305 g/mol. The van der Waals surface area contributed by atoms with Crippen LogP contribution in [0.2, 0.25) is 0 Å².